The highest BCUT2D eigenvalue weighted by atomic mass is 16.2. The van der Waals surface area contributed by atoms with Crippen LogP contribution in [0.3, 0.4) is 0 Å². The average molecular weight is 329 g/mol. The molecule has 1 saturated heterocycles. The van der Waals surface area contributed by atoms with Gasteiger partial charge in [0.25, 0.3) is 0 Å². The molecule has 2 amide bonds. The molecule has 1 saturated carbocycles. The monoisotopic (exact) mass is 329 g/mol. The number of para-hydroxylation sites is 1. The van der Waals surface area contributed by atoms with Gasteiger partial charge in [-0.25, -0.2) is 0 Å². The van der Waals surface area contributed by atoms with Crippen LogP contribution in [-0.2, 0) is 9.59 Å². The molecule has 0 bridgehead atoms. The number of amides is 2. The molecule has 24 heavy (non-hydrogen) atoms. The normalized spacial score (nSPS) is 24.5. The van der Waals surface area contributed by atoms with Crippen molar-refractivity contribution in [1.82, 2.24) is 10.2 Å². The van der Waals surface area contributed by atoms with Crippen molar-refractivity contribution in [3.63, 3.8) is 0 Å². The highest BCUT2D eigenvalue weighted by molar-refractivity contribution is 6.35. The lowest BCUT2D eigenvalue weighted by atomic mass is 9.86. The number of hydrogen-bond donors (Lipinski definition) is 1. The van der Waals surface area contributed by atoms with Crippen molar-refractivity contribution < 1.29 is 9.59 Å². The molecular weight excluding hydrogens is 302 g/mol. The topological polar surface area (TPSA) is 52.7 Å². The zero-order chi connectivity index (χ0) is 16.9. The van der Waals surface area contributed by atoms with Gasteiger partial charge in [-0.1, -0.05) is 38.0 Å². The van der Waals surface area contributed by atoms with E-state index in [4.69, 9.17) is 0 Å². The van der Waals surface area contributed by atoms with Gasteiger partial charge in [-0.3, -0.25) is 9.59 Å². The number of benzene rings is 1. The zero-order valence-corrected chi connectivity index (χ0v) is 14.4. The zero-order valence-electron chi connectivity index (χ0n) is 14.4. The van der Waals surface area contributed by atoms with Crippen LogP contribution in [0.2, 0.25) is 0 Å². The van der Waals surface area contributed by atoms with Crippen molar-refractivity contribution >= 4 is 17.5 Å². The molecule has 1 aliphatic carbocycles. The molecule has 2 fully saturated rings. The molecule has 0 aromatic heterocycles. The SMILES string of the molecule is CC1CCCCC1NC(=O)C(=O)N1CCN(c2ccccc2)CC1. The molecule has 1 heterocycles. The number of nitrogens with one attached hydrogen (secondary N) is 1. The summed E-state index contributed by atoms with van der Waals surface area (Å²) in [6.45, 7) is 4.89. The number of nitrogens with zero attached hydrogens (tertiary/aromatic N) is 2. The number of rotatable bonds is 2. The minimum absolute atomic E-state index is 0.154. The molecule has 5 nitrogen and oxygen atoms in total. The predicted molar refractivity (Wildman–Crippen MR) is 94.8 cm³/mol. The van der Waals surface area contributed by atoms with Crippen LogP contribution in [0.5, 0.6) is 0 Å². The molecule has 1 aromatic carbocycles. The van der Waals surface area contributed by atoms with Gasteiger partial charge in [-0.15, -0.1) is 0 Å². The van der Waals surface area contributed by atoms with Gasteiger partial charge in [-0.05, 0) is 30.9 Å². The molecular formula is C19H27N3O2. The van der Waals surface area contributed by atoms with Gasteiger partial charge < -0.3 is 15.1 Å². The quantitative estimate of drug-likeness (QED) is 0.845. The van der Waals surface area contributed by atoms with Crippen molar-refractivity contribution in [2.24, 2.45) is 5.92 Å². The van der Waals surface area contributed by atoms with Crippen LogP contribution in [0.15, 0.2) is 30.3 Å². The first-order chi connectivity index (χ1) is 11.6. The standard InChI is InChI=1S/C19H27N3O2/c1-15-7-5-6-10-17(15)20-18(23)19(24)22-13-11-21(12-14-22)16-8-3-2-4-9-16/h2-4,8-9,15,17H,5-7,10-14H2,1H3,(H,20,23). The summed E-state index contributed by atoms with van der Waals surface area (Å²) in [6.07, 6.45) is 4.49. The molecule has 2 atom stereocenters. The van der Waals surface area contributed by atoms with Crippen LogP contribution in [0.25, 0.3) is 0 Å². The maximum absolute atomic E-state index is 12.4. The van der Waals surface area contributed by atoms with Crippen LogP contribution in [0.4, 0.5) is 5.69 Å². The fourth-order valence-electron chi connectivity index (χ4n) is 3.71. The van der Waals surface area contributed by atoms with Crippen molar-refractivity contribution in [2.45, 2.75) is 38.6 Å². The van der Waals surface area contributed by atoms with E-state index in [1.165, 1.54) is 12.1 Å². The van der Waals surface area contributed by atoms with Gasteiger partial charge in [-0.2, -0.15) is 0 Å². The third-order valence-corrected chi connectivity index (χ3v) is 5.31. The number of carbonyl (C=O) groups is 2. The van der Waals surface area contributed by atoms with Gasteiger partial charge in [0.1, 0.15) is 0 Å². The van der Waals surface area contributed by atoms with E-state index in [9.17, 15) is 9.59 Å². The summed E-state index contributed by atoms with van der Waals surface area (Å²) in [4.78, 5) is 28.6. The number of anilines is 1. The summed E-state index contributed by atoms with van der Waals surface area (Å²) < 4.78 is 0. The van der Waals surface area contributed by atoms with Gasteiger partial charge in [0.15, 0.2) is 0 Å². The molecule has 3 rings (SSSR count). The van der Waals surface area contributed by atoms with E-state index in [-0.39, 0.29) is 11.9 Å². The Balaban J connectivity index is 1.50. The molecule has 130 valence electrons. The highest BCUT2D eigenvalue weighted by Gasteiger charge is 2.29. The first-order valence-electron chi connectivity index (χ1n) is 9.05. The Hall–Kier alpha value is -2.04. The van der Waals surface area contributed by atoms with Crippen LogP contribution in [0.1, 0.15) is 32.6 Å². The summed E-state index contributed by atoms with van der Waals surface area (Å²) in [7, 11) is 0. The van der Waals surface area contributed by atoms with Gasteiger partial charge in [0, 0.05) is 37.9 Å². The van der Waals surface area contributed by atoms with E-state index in [0.717, 1.165) is 32.4 Å². The molecule has 1 N–H and O–H groups in total. The molecule has 0 spiro atoms. The lowest BCUT2D eigenvalue weighted by molar-refractivity contribution is -0.146. The van der Waals surface area contributed by atoms with E-state index < -0.39 is 5.91 Å². The molecule has 1 aliphatic heterocycles. The van der Waals surface area contributed by atoms with Gasteiger partial charge in [0.05, 0.1) is 0 Å². The third-order valence-electron chi connectivity index (χ3n) is 5.31. The summed E-state index contributed by atoms with van der Waals surface area (Å²) in [5.41, 5.74) is 1.17. The van der Waals surface area contributed by atoms with Gasteiger partial charge >= 0.3 is 11.8 Å². The Bertz CT molecular complexity index is 567. The average Bonchev–Trinajstić information content (AvgIpc) is 2.64. The molecule has 5 heteroatoms. The minimum atomic E-state index is -0.429. The van der Waals surface area contributed by atoms with E-state index in [2.05, 4.69) is 29.3 Å². The Labute approximate surface area is 144 Å². The number of hydrogen-bond acceptors (Lipinski definition) is 3. The summed E-state index contributed by atoms with van der Waals surface area (Å²) in [5, 5.41) is 2.96. The van der Waals surface area contributed by atoms with Gasteiger partial charge in [0.2, 0.25) is 0 Å². The van der Waals surface area contributed by atoms with Crippen molar-refractivity contribution in [2.75, 3.05) is 31.1 Å². The Kier molecular flexibility index (Phi) is 5.38. The summed E-state index contributed by atoms with van der Waals surface area (Å²) in [5.74, 6) is -0.340. The third kappa shape index (κ3) is 3.89. The predicted octanol–water partition coefficient (Wildman–Crippen LogP) is 2.03. The minimum Gasteiger partial charge on any atom is -0.368 e. The maximum Gasteiger partial charge on any atom is 0.312 e. The second-order valence-corrected chi connectivity index (χ2v) is 6.96. The van der Waals surface area contributed by atoms with Crippen LogP contribution in [0, 0.1) is 5.92 Å². The van der Waals surface area contributed by atoms with Crippen LogP contribution < -0.4 is 10.2 Å². The second kappa shape index (κ2) is 7.69. The fraction of sp³-hybridized carbons (Fsp3) is 0.579. The Morgan fingerprint density at radius 2 is 1.67 bits per heavy atom. The van der Waals surface area contributed by atoms with E-state index in [1.54, 1.807) is 4.90 Å². The lowest BCUT2D eigenvalue weighted by Crippen LogP contribution is -2.54. The lowest BCUT2D eigenvalue weighted by Gasteiger charge is -2.36. The first kappa shape index (κ1) is 16.8. The molecule has 1 aromatic rings. The Morgan fingerprint density at radius 1 is 1.00 bits per heavy atom. The Morgan fingerprint density at radius 3 is 2.33 bits per heavy atom. The van der Waals surface area contributed by atoms with Crippen molar-refractivity contribution in [3.05, 3.63) is 30.3 Å². The maximum atomic E-state index is 12.4. The van der Waals surface area contributed by atoms with Crippen LogP contribution >= 0.6 is 0 Å². The smallest absolute Gasteiger partial charge is 0.312 e. The van der Waals surface area contributed by atoms with Crippen molar-refractivity contribution in [1.29, 1.82) is 0 Å². The largest absolute Gasteiger partial charge is 0.368 e. The first-order valence-corrected chi connectivity index (χ1v) is 9.05. The van der Waals surface area contributed by atoms with Crippen molar-refractivity contribution in [3.8, 4) is 0 Å². The summed E-state index contributed by atoms with van der Waals surface area (Å²) >= 11 is 0. The highest BCUT2D eigenvalue weighted by Crippen LogP contribution is 2.23. The molecule has 2 aliphatic rings. The van der Waals surface area contributed by atoms with E-state index in [1.807, 2.05) is 18.2 Å². The molecule has 2 unspecified atom stereocenters. The molecule has 0 radical (unpaired) electrons. The van der Waals surface area contributed by atoms with E-state index >= 15 is 0 Å². The van der Waals surface area contributed by atoms with Crippen LogP contribution in [-0.4, -0.2) is 48.9 Å². The number of carbonyl (C=O) groups excluding carboxylic acids is 2. The number of piperazine rings is 1. The van der Waals surface area contributed by atoms with E-state index in [0.29, 0.717) is 19.0 Å². The second-order valence-electron chi connectivity index (χ2n) is 6.96. The fourth-order valence-corrected chi connectivity index (χ4v) is 3.71. The summed E-state index contributed by atoms with van der Waals surface area (Å²) in [6, 6.07) is 10.3.